The molecule has 9 heteroatoms. The first-order valence-electron chi connectivity index (χ1n) is 9.79. The van der Waals surface area contributed by atoms with Gasteiger partial charge in [0.2, 0.25) is 0 Å². The highest BCUT2D eigenvalue weighted by Crippen LogP contribution is 2.34. The SMILES string of the molecule is Cc1cnc2cc(-c3ncc(N(C)[C@H]4CC5CCC(N5)[C@H]4F)nn3)c(O)cc2n1. The molecule has 29 heavy (non-hydrogen) atoms. The van der Waals surface area contributed by atoms with Gasteiger partial charge in [-0.3, -0.25) is 4.98 Å². The molecule has 0 amide bonds. The van der Waals surface area contributed by atoms with Gasteiger partial charge >= 0.3 is 0 Å². The average molecular weight is 395 g/mol. The first-order chi connectivity index (χ1) is 14.0. The molecule has 2 aliphatic heterocycles. The molecule has 4 atom stereocenters. The summed E-state index contributed by atoms with van der Waals surface area (Å²) in [6.07, 6.45) is 4.92. The van der Waals surface area contributed by atoms with Crippen molar-refractivity contribution in [1.29, 1.82) is 0 Å². The quantitative estimate of drug-likeness (QED) is 0.696. The van der Waals surface area contributed by atoms with Crippen molar-refractivity contribution in [3.63, 3.8) is 0 Å². The van der Waals surface area contributed by atoms with Gasteiger partial charge in [0.05, 0.1) is 34.5 Å². The van der Waals surface area contributed by atoms with Gasteiger partial charge in [-0.25, -0.2) is 14.4 Å². The fourth-order valence-corrected chi connectivity index (χ4v) is 4.39. The van der Waals surface area contributed by atoms with Crippen molar-refractivity contribution in [2.24, 2.45) is 0 Å². The van der Waals surface area contributed by atoms with Crippen LogP contribution in [-0.2, 0) is 0 Å². The number of nitrogens with zero attached hydrogens (tertiary/aromatic N) is 6. The van der Waals surface area contributed by atoms with E-state index in [9.17, 15) is 9.50 Å². The highest BCUT2D eigenvalue weighted by molar-refractivity contribution is 5.83. The van der Waals surface area contributed by atoms with Crippen molar-refractivity contribution >= 4 is 16.9 Å². The molecule has 3 aromatic rings. The summed E-state index contributed by atoms with van der Waals surface area (Å²) in [6.45, 7) is 1.84. The number of phenols is 1. The lowest BCUT2D eigenvalue weighted by atomic mass is 9.96. The van der Waals surface area contributed by atoms with Crippen molar-refractivity contribution < 1.29 is 9.50 Å². The molecular weight excluding hydrogens is 373 g/mol. The van der Waals surface area contributed by atoms with Gasteiger partial charge in [-0.1, -0.05) is 0 Å². The number of phenolic OH excluding ortho intramolecular Hbond substituents is 1. The van der Waals surface area contributed by atoms with E-state index < -0.39 is 6.17 Å². The maximum Gasteiger partial charge on any atom is 0.185 e. The Bertz CT molecular complexity index is 1060. The summed E-state index contributed by atoms with van der Waals surface area (Å²) in [6, 6.07) is 3.27. The van der Waals surface area contributed by atoms with Crippen LogP contribution < -0.4 is 10.2 Å². The van der Waals surface area contributed by atoms with E-state index in [1.807, 2.05) is 18.9 Å². The predicted octanol–water partition coefficient (Wildman–Crippen LogP) is 2.16. The molecule has 150 valence electrons. The number of aromatic hydroxyl groups is 1. The molecule has 0 spiro atoms. The molecule has 2 aliphatic rings. The van der Waals surface area contributed by atoms with E-state index in [2.05, 4.69) is 30.5 Å². The van der Waals surface area contributed by atoms with Crippen molar-refractivity contribution in [3.05, 3.63) is 30.2 Å². The Morgan fingerprint density at radius 1 is 1.14 bits per heavy atom. The van der Waals surface area contributed by atoms with Gasteiger partial charge in [0.15, 0.2) is 11.6 Å². The van der Waals surface area contributed by atoms with Gasteiger partial charge in [0.1, 0.15) is 11.9 Å². The van der Waals surface area contributed by atoms with Crippen LogP contribution >= 0.6 is 0 Å². The van der Waals surface area contributed by atoms with Gasteiger partial charge in [-0.15, -0.1) is 10.2 Å². The fraction of sp³-hybridized carbons (Fsp3) is 0.450. The van der Waals surface area contributed by atoms with Crippen LogP contribution in [0.25, 0.3) is 22.4 Å². The molecule has 2 N–H and O–H groups in total. The van der Waals surface area contributed by atoms with Crippen LogP contribution in [0.3, 0.4) is 0 Å². The van der Waals surface area contributed by atoms with E-state index in [1.165, 1.54) is 0 Å². The normalized spacial score (nSPS) is 26.0. The van der Waals surface area contributed by atoms with Crippen LogP contribution in [0.4, 0.5) is 10.2 Å². The number of fused-ring (bicyclic) bond motifs is 3. The molecule has 2 bridgehead atoms. The number of hydrogen-bond donors (Lipinski definition) is 2. The first kappa shape index (κ1) is 18.1. The van der Waals surface area contributed by atoms with Gasteiger partial charge < -0.3 is 15.3 Å². The Morgan fingerprint density at radius 2 is 2.00 bits per heavy atom. The summed E-state index contributed by atoms with van der Waals surface area (Å²) >= 11 is 0. The Balaban J connectivity index is 1.42. The Labute approximate surface area is 167 Å². The third kappa shape index (κ3) is 3.15. The number of hydrogen-bond acceptors (Lipinski definition) is 8. The van der Waals surface area contributed by atoms with E-state index in [0.717, 1.165) is 25.0 Å². The van der Waals surface area contributed by atoms with Gasteiger partial charge in [-0.2, -0.15) is 0 Å². The maximum atomic E-state index is 14.8. The molecule has 2 aromatic heterocycles. The zero-order valence-electron chi connectivity index (χ0n) is 16.2. The predicted molar refractivity (Wildman–Crippen MR) is 106 cm³/mol. The highest BCUT2D eigenvalue weighted by atomic mass is 19.1. The van der Waals surface area contributed by atoms with Gasteiger partial charge in [0, 0.05) is 31.4 Å². The Kier molecular flexibility index (Phi) is 4.27. The third-order valence-electron chi connectivity index (χ3n) is 5.98. The van der Waals surface area contributed by atoms with Crippen molar-refractivity contribution in [2.45, 2.75) is 50.5 Å². The van der Waals surface area contributed by atoms with Crippen LogP contribution in [0.15, 0.2) is 24.5 Å². The molecule has 4 heterocycles. The molecular formula is C20H22FN7O. The highest BCUT2D eigenvalue weighted by Gasteiger charge is 2.43. The monoisotopic (exact) mass is 395 g/mol. The second kappa shape index (κ2) is 6.84. The van der Waals surface area contributed by atoms with E-state index in [0.29, 0.717) is 28.5 Å². The van der Waals surface area contributed by atoms with E-state index in [1.54, 1.807) is 24.5 Å². The molecule has 0 aliphatic carbocycles. The maximum absolute atomic E-state index is 14.8. The van der Waals surface area contributed by atoms with Gasteiger partial charge in [-0.05, 0) is 32.3 Å². The van der Waals surface area contributed by atoms with Crippen molar-refractivity contribution in [2.75, 3.05) is 11.9 Å². The van der Waals surface area contributed by atoms with Crippen molar-refractivity contribution in [3.8, 4) is 17.1 Å². The number of halogens is 1. The minimum Gasteiger partial charge on any atom is -0.507 e. The number of rotatable bonds is 3. The minimum absolute atomic E-state index is 0.0130. The summed E-state index contributed by atoms with van der Waals surface area (Å²) in [5.74, 6) is 0.809. The number of nitrogens with one attached hydrogen (secondary N) is 1. The molecule has 8 nitrogen and oxygen atoms in total. The molecule has 2 saturated heterocycles. The average Bonchev–Trinajstić information content (AvgIpc) is 3.13. The number of alkyl halides is 1. The second-order valence-corrected chi connectivity index (χ2v) is 7.92. The number of piperidine rings is 1. The Morgan fingerprint density at radius 3 is 2.79 bits per heavy atom. The van der Waals surface area contributed by atoms with Crippen molar-refractivity contribution in [1.82, 2.24) is 30.5 Å². The summed E-state index contributed by atoms with van der Waals surface area (Å²) in [7, 11) is 1.83. The first-order valence-corrected chi connectivity index (χ1v) is 9.79. The molecule has 2 unspecified atom stereocenters. The summed E-state index contributed by atoms with van der Waals surface area (Å²) in [5.41, 5.74) is 2.44. The van der Waals surface area contributed by atoms with Crippen LogP contribution in [0.5, 0.6) is 5.75 Å². The summed E-state index contributed by atoms with van der Waals surface area (Å²) in [5, 5.41) is 22.2. The number of benzene rings is 1. The lowest BCUT2D eigenvalue weighted by Crippen LogP contribution is -2.55. The zero-order valence-corrected chi connectivity index (χ0v) is 16.2. The van der Waals surface area contributed by atoms with E-state index in [4.69, 9.17) is 0 Å². The van der Waals surface area contributed by atoms with Crippen LogP contribution in [0.2, 0.25) is 0 Å². The molecule has 2 fully saturated rings. The number of anilines is 1. The number of aryl methyl sites for hydroxylation is 1. The largest absolute Gasteiger partial charge is 0.507 e. The van der Waals surface area contributed by atoms with Crippen LogP contribution in [0, 0.1) is 6.92 Å². The summed E-state index contributed by atoms with van der Waals surface area (Å²) < 4.78 is 14.8. The number of aromatic nitrogens is 5. The molecule has 0 radical (unpaired) electrons. The smallest absolute Gasteiger partial charge is 0.185 e. The van der Waals surface area contributed by atoms with E-state index in [-0.39, 0.29) is 23.7 Å². The topological polar surface area (TPSA) is 100.0 Å². The lowest BCUT2D eigenvalue weighted by Gasteiger charge is -2.38. The molecule has 5 rings (SSSR count). The molecule has 0 saturated carbocycles. The second-order valence-electron chi connectivity index (χ2n) is 7.92. The Hall–Kier alpha value is -2.94. The third-order valence-corrected chi connectivity index (χ3v) is 5.98. The van der Waals surface area contributed by atoms with Gasteiger partial charge in [0.25, 0.3) is 0 Å². The fourth-order valence-electron chi connectivity index (χ4n) is 4.39. The van der Waals surface area contributed by atoms with E-state index >= 15 is 0 Å². The van der Waals surface area contributed by atoms with Crippen LogP contribution in [-0.4, -0.2) is 61.6 Å². The van der Waals surface area contributed by atoms with Crippen LogP contribution in [0.1, 0.15) is 25.0 Å². The standard InChI is InChI=1S/C20H22FN7O/c1-10-8-22-14-6-12(17(29)7-15(14)24-10)20-23-9-18(26-27-20)28(2)16-5-11-3-4-13(25-11)19(16)21/h6-9,11,13,16,19,25,29H,3-5H2,1-2H3/t11?,13?,16-,19+/m0/s1. The molecule has 1 aromatic carbocycles. The lowest BCUT2D eigenvalue weighted by molar-refractivity contribution is 0.176. The summed E-state index contributed by atoms with van der Waals surface area (Å²) in [4.78, 5) is 14.9. The minimum atomic E-state index is -0.952. The zero-order chi connectivity index (χ0) is 20.1.